The van der Waals surface area contributed by atoms with Crippen LogP contribution < -0.4 is 14.2 Å². The molecule has 4 aromatic rings. The standard InChI is InChI=1S/C39H38O9/c1-19(2)5-8-22-13-28-34(48-39(22,3)4)18-31(45)36-30(44)17-32(47-38(28)36)26-15-27-33(16-29(26)43)46-37(20-6-9-23(40)10-7-20)35(27)21-11-24(41)14-25(42)12-21/h5-7,9-12,14-16,18,22,32,35,37,40-43,45H,8,13,17H2,1-4H3/t22-,32-,35+,37-/m0/s1. The summed E-state index contributed by atoms with van der Waals surface area (Å²) in [5, 5.41) is 53.0. The molecule has 248 valence electrons. The molecule has 0 saturated heterocycles. The highest BCUT2D eigenvalue weighted by Gasteiger charge is 2.43. The number of aromatic hydroxyl groups is 5. The minimum atomic E-state index is -0.890. The monoisotopic (exact) mass is 650 g/mol. The summed E-state index contributed by atoms with van der Waals surface area (Å²) in [5.74, 6) is -0.185. The van der Waals surface area contributed by atoms with Crippen molar-refractivity contribution in [1.82, 2.24) is 0 Å². The molecule has 0 unspecified atom stereocenters. The summed E-state index contributed by atoms with van der Waals surface area (Å²) in [6.07, 6.45) is 1.85. The van der Waals surface area contributed by atoms with Gasteiger partial charge >= 0.3 is 0 Å². The van der Waals surface area contributed by atoms with Crippen molar-refractivity contribution in [3.8, 4) is 46.0 Å². The van der Waals surface area contributed by atoms with Gasteiger partial charge in [0, 0.05) is 40.8 Å². The highest BCUT2D eigenvalue weighted by Crippen LogP contribution is 2.55. The van der Waals surface area contributed by atoms with Crippen LogP contribution in [0.15, 0.2) is 72.3 Å². The fraction of sp³-hybridized carbons (Fsp3) is 0.308. The second-order valence-electron chi connectivity index (χ2n) is 13.8. The minimum Gasteiger partial charge on any atom is -0.508 e. The molecule has 3 aliphatic heterocycles. The number of ketones is 1. The van der Waals surface area contributed by atoms with Crippen LogP contribution in [0.1, 0.15) is 96.8 Å². The van der Waals surface area contributed by atoms with Gasteiger partial charge in [-0.2, -0.15) is 0 Å². The number of allylic oxidation sites excluding steroid dienone is 2. The van der Waals surface area contributed by atoms with Crippen LogP contribution in [0.5, 0.6) is 46.0 Å². The maximum atomic E-state index is 13.7. The number of phenolic OH excluding ortho intramolecular Hbond substituents is 5. The van der Waals surface area contributed by atoms with E-state index >= 15 is 0 Å². The lowest BCUT2D eigenvalue weighted by atomic mass is 9.78. The third-order valence-corrected chi connectivity index (χ3v) is 9.75. The molecule has 0 bridgehead atoms. The van der Waals surface area contributed by atoms with Crippen LogP contribution in [0.25, 0.3) is 0 Å². The maximum Gasteiger partial charge on any atom is 0.174 e. The van der Waals surface area contributed by atoms with Crippen molar-refractivity contribution >= 4 is 5.78 Å². The van der Waals surface area contributed by atoms with E-state index in [1.165, 1.54) is 23.8 Å². The van der Waals surface area contributed by atoms with E-state index in [0.29, 0.717) is 40.2 Å². The summed E-state index contributed by atoms with van der Waals surface area (Å²) in [6, 6.07) is 15.6. The molecule has 9 nitrogen and oxygen atoms in total. The van der Waals surface area contributed by atoms with Crippen LogP contribution in [0.3, 0.4) is 0 Å². The SMILES string of the molecule is CC(C)=CC[C@H]1Cc2c(cc(O)c3c2O[C@H](c2cc4c(cc2O)O[C@@H](c2ccc(O)cc2)[C@@H]4c2cc(O)cc(O)c2)CC3=O)OC1(C)C. The van der Waals surface area contributed by atoms with Gasteiger partial charge in [-0.15, -0.1) is 0 Å². The van der Waals surface area contributed by atoms with Crippen molar-refractivity contribution in [1.29, 1.82) is 0 Å². The van der Waals surface area contributed by atoms with E-state index in [1.807, 2.05) is 27.7 Å². The molecular weight excluding hydrogens is 612 g/mol. The van der Waals surface area contributed by atoms with Crippen molar-refractivity contribution in [2.24, 2.45) is 5.92 Å². The lowest BCUT2D eigenvalue weighted by molar-refractivity contribution is 0.0255. The van der Waals surface area contributed by atoms with E-state index in [2.05, 4.69) is 6.08 Å². The third-order valence-electron chi connectivity index (χ3n) is 9.75. The second kappa shape index (κ2) is 11.4. The first-order valence-corrected chi connectivity index (χ1v) is 16.1. The van der Waals surface area contributed by atoms with Crippen molar-refractivity contribution in [2.45, 2.75) is 70.7 Å². The fourth-order valence-corrected chi connectivity index (χ4v) is 7.23. The van der Waals surface area contributed by atoms with E-state index in [1.54, 1.807) is 42.5 Å². The lowest BCUT2D eigenvalue weighted by Crippen LogP contribution is -2.42. The number of ether oxygens (including phenoxy) is 3. The molecule has 3 heterocycles. The zero-order chi connectivity index (χ0) is 34.1. The highest BCUT2D eigenvalue weighted by atomic mass is 16.5. The Kier molecular flexibility index (Phi) is 7.46. The topological polar surface area (TPSA) is 146 Å². The van der Waals surface area contributed by atoms with Crippen molar-refractivity contribution in [3.63, 3.8) is 0 Å². The average Bonchev–Trinajstić information content (AvgIpc) is 3.37. The van der Waals surface area contributed by atoms with E-state index in [4.69, 9.17) is 14.2 Å². The molecule has 0 amide bonds. The predicted molar refractivity (Wildman–Crippen MR) is 178 cm³/mol. The van der Waals surface area contributed by atoms with Gasteiger partial charge in [-0.05, 0) is 82.0 Å². The molecule has 0 aromatic heterocycles. The Labute approximate surface area is 278 Å². The Bertz CT molecular complexity index is 1950. The first-order chi connectivity index (χ1) is 22.8. The van der Waals surface area contributed by atoms with Gasteiger partial charge in [-0.1, -0.05) is 23.8 Å². The smallest absolute Gasteiger partial charge is 0.174 e. The van der Waals surface area contributed by atoms with Crippen molar-refractivity contribution < 1.29 is 44.5 Å². The summed E-state index contributed by atoms with van der Waals surface area (Å²) in [6.45, 7) is 8.13. The quantitative estimate of drug-likeness (QED) is 0.136. The largest absolute Gasteiger partial charge is 0.508 e. The zero-order valence-corrected chi connectivity index (χ0v) is 27.2. The number of hydrogen-bond donors (Lipinski definition) is 5. The molecule has 0 spiro atoms. The maximum absolute atomic E-state index is 13.7. The normalized spacial score (nSPS) is 22.0. The van der Waals surface area contributed by atoms with Gasteiger partial charge in [0.05, 0.1) is 12.3 Å². The highest BCUT2D eigenvalue weighted by molar-refractivity contribution is 6.03. The molecule has 9 heteroatoms. The van der Waals surface area contributed by atoms with Crippen LogP contribution in [0, 0.1) is 5.92 Å². The van der Waals surface area contributed by atoms with Crippen LogP contribution in [-0.4, -0.2) is 36.9 Å². The number of hydrogen-bond acceptors (Lipinski definition) is 9. The molecule has 0 radical (unpaired) electrons. The number of fused-ring (bicyclic) bond motifs is 4. The van der Waals surface area contributed by atoms with Crippen molar-refractivity contribution in [3.05, 3.63) is 106 Å². The first-order valence-electron chi connectivity index (χ1n) is 16.1. The number of Topliss-reactive ketones (excluding diaryl/α,β-unsaturated/α-hetero) is 1. The second-order valence-corrected chi connectivity index (χ2v) is 13.8. The number of carbonyl (C=O) groups is 1. The van der Waals surface area contributed by atoms with Gasteiger partial charge in [-0.3, -0.25) is 4.79 Å². The molecular formula is C39H38O9. The molecule has 0 saturated carbocycles. The number of phenols is 5. The molecule has 0 aliphatic carbocycles. The molecule has 48 heavy (non-hydrogen) atoms. The van der Waals surface area contributed by atoms with Crippen LogP contribution in [-0.2, 0) is 6.42 Å². The Morgan fingerprint density at radius 1 is 0.792 bits per heavy atom. The van der Waals surface area contributed by atoms with Crippen molar-refractivity contribution in [2.75, 3.05) is 0 Å². The molecule has 4 aromatic carbocycles. The Balaban J connectivity index is 1.31. The minimum absolute atomic E-state index is 0.0782. The van der Waals surface area contributed by atoms with E-state index in [0.717, 1.165) is 12.0 Å². The Morgan fingerprint density at radius 3 is 2.17 bits per heavy atom. The number of rotatable bonds is 5. The Morgan fingerprint density at radius 2 is 1.48 bits per heavy atom. The summed E-state index contributed by atoms with van der Waals surface area (Å²) in [4.78, 5) is 13.7. The summed E-state index contributed by atoms with van der Waals surface area (Å²) >= 11 is 0. The van der Waals surface area contributed by atoms with Gasteiger partial charge in [0.1, 0.15) is 69.4 Å². The molecule has 7 rings (SSSR count). The first kappa shape index (κ1) is 31.3. The van der Waals surface area contributed by atoms with Crippen LogP contribution >= 0.6 is 0 Å². The van der Waals surface area contributed by atoms with E-state index in [-0.39, 0.29) is 58.2 Å². The van der Waals surface area contributed by atoms with E-state index < -0.39 is 23.7 Å². The summed E-state index contributed by atoms with van der Waals surface area (Å²) in [5.41, 5.74) is 3.77. The molecule has 4 atom stereocenters. The lowest BCUT2D eigenvalue weighted by Gasteiger charge is -2.41. The zero-order valence-electron chi connectivity index (χ0n) is 27.2. The Hall–Kier alpha value is -5.31. The van der Waals surface area contributed by atoms with Gasteiger partial charge in [0.2, 0.25) is 0 Å². The molecule has 5 N–H and O–H groups in total. The third kappa shape index (κ3) is 5.43. The van der Waals surface area contributed by atoms with Crippen LogP contribution in [0.4, 0.5) is 0 Å². The van der Waals surface area contributed by atoms with Gasteiger partial charge in [0.15, 0.2) is 5.78 Å². The molecule has 0 fully saturated rings. The average molecular weight is 651 g/mol. The number of benzene rings is 4. The molecule has 3 aliphatic rings. The van der Waals surface area contributed by atoms with Gasteiger partial charge < -0.3 is 39.7 Å². The van der Waals surface area contributed by atoms with Gasteiger partial charge in [0.25, 0.3) is 0 Å². The van der Waals surface area contributed by atoms with Gasteiger partial charge in [-0.25, -0.2) is 0 Å². The predicted octanol–water partition coefficient (Wildman–Crippen LogP) is 7.87. The number of carbonyl (C=O) groups excluding carboxylic acids is 1. The summed E-state index contributed by atoms with van der Waals surface area (Å²) in [7, 11) is 0. The summed E-state index contributed by atoms with van der Waals surface area (Å²) < 4.78 is 19.4. The van der Waals surface area contributed by atoms with Crippen LogP contribution in [0.2, 0.25) is 0 Å². The fourth-order valence-electron chi connectivity index (χ4n) is 7.23. The van der Waals surface area contributed by atoms with E-state index in [9.17, 15) is 30.3 Å².